The average molecular weight is 314 g/mol. The first-order valence-electron chi connectivity index (χ1n) is 6.39. The van der Waals surface area contributed by atoms with Crippen LogP contribution in [0.2, 0.25) is 0 Å². The van der Waals surface area contributed by atoms with Crippen LogP contribution in [-0.2, 0) is 0 Å². The molecule has 1 aromatic heterocycles. The van der Waals surface area contributed by atoms with Crippen LogP contribution >= 0.6 is 0 Å². The van der Waals surface area contributed by atoms with E-state index in [1.165, 1.54) is 0 Å². The van der Waals surface area contributed by atoms with Crippen LogP contribution in [0.1, 0.15) is 10.5 Å². The quantitative estimate of drug-likeness (QED) is 0.884. The Morgan fingerprint density at radius 3 is 2.73 bits per heavy atom. The highest BCUT2D eigenvalue weighted by Crippen LogP contribution is 2.27. The molecule has 0 radical (unpaired) electrons. The fourth-order valence-corrected chi connectivity index (χ4v) is 1.80. The summed E-state index contributed by atoms with van der Waals surface area (Å²) in [6.07, 6.45) is -4.48. The van der Waals surface area contributed by atoms with E-state index >= 15 is 0 Å². The van der Waals surface area contributed by atoms with Crippen LogP contribution < -0.4 is 10.1 Å². The second-order valence-corrected chi connectivity index (χ2v) is 4.41. The molecule has 1 aromatic carbocycles. The van der Waals surface area contributed by atoms with Gasteiger partial charge in [-0.2, -0.15) is 13.2 Å². The maximum atomic E-state index is 12.3. The fourth-order valence-electron chi connectivity index (χ4n) is 1.80. The lowest BCUT2D eigenvalue weighted by molar-refractivity contribution is -0.153. The van der Waals surface area contributed by atoms with Gasteiger partial charge >= 0.3 is 6.18 Å². The van der Waals surface area contributed by atoms with Crippen molar-refractivity contribution in [3.63, 3.8) is 0 Å². The standard InChI is InChI=1S/C14H13F3N2O3/c15-14(16,17)8-22-12-7-11(13(21)18-5-6-20)19-10-4-2-1-3-9(10)12/h1-4,7,20H,5-6,8H2,(H,18,21). The number of aliphatic hydroxyl groups excluding tert-OH is 1. The number of aliphatic hydroxyl groups is 1. The zero-order chi connectivity index (χ0) is 16.2. The first-order valence-corrected chi connectivity index (χ1v) is 6.39. The van der Waals surface area contributed by atoms with E-state index in [1.807, 2.05) is 0 Å². The molecular weight excluding hydrogens is 301 g/mol. The van der Waals surface area contributed by atoms with E-state index in [0.29, 0.717) is 10.9 Å². The van der Waals surface area contributed by atoms with Gasteiger partial charge in [-0.15, -0.1) is 0 Å². The Kier molecular flexibility index (Phi) is 4.81. The summed E-state index contributed by atoms with van der Waals surface area (Å²) in [6, 6.07) is 7.57. The van der Waals surface area contributed by atoms with E-state index in [9.17, 15) is 18.0 Å². The number of benzene rings is 1. The summed E-state index contributed by atoms with van der Waals surface area (Å²) in [5.74, 6) is -0.672. The van der Waals surface area contributed by atoms with Crippen molar-refractivity contribution in [2.24, 2.45) is 0 Å². The van der Waals surface area contributed by atoms with Gasteiger partial charge in [0.2, 0.25) is 0 Å². The summed E-state index contributed by atoms with van der Waals surface area (Å²) in [5, 5.41) is 11.4. The average Bonchev–Trinajstić information content (AvgIpc) is 2.49. The van der Waals surface area contributed by atoms with E-state index in [2.05, 4.69) is 10.3 Å². The normalized spacial score (nSPS) is 11.5. The number of hydrogen-bond acceptors (Lipinski definition) is 4. The Morgan fingerprint density at radius 1 is 1.32 bits per heavy atom. The number of carbonyl (C=O) groups excluding carboxylic acids is 1. The number of amides is 1. The lowest BCUT2D eigenvalue weighted by Gasteiger charge is -2.12. The van der Waals surface area contributed by atoms with Crippen LogP contribution in [-0.4, -0.2) is 41.9 Å². The van der Waals surface area contributed by atoms with E-state index in [4.69, 9.17) is 9.84 Å². The highest BCUT2D eigenvalue weighted by molar-refractivity contribution is 5.97. The lowest BCUT2D eigenvalue weighted by atomic mass is 10.1. The number of nitrogens with zero attached hydrogens (tertiary/aromatic N) is 1. The van der Waals surface area contributed by atoms with Crippen LogP contribution in [0.3, 0.4) is 0 Å². The minimum Gasteiger partial charge on any atom is -0.483 e. The first kappa shape index (κ1) is 16.0. The van der Waals surface area contributed by atoms with Crippen LogP contribution in [0, 0.1) is 0 Å². The molecule has 0 aliphatic heterocycles. The molecule has 0 saturated heterocycles. The predicted octanol–water partition coefficient (Wildman–Crippen LogP) is 1.90. The number of rotatable bonds is 5. The summed E-state index contributed by atoms with van der Waals surface area (Å²) < 4.78 is 41.7. The molecule has 0 bridgehead atoms. The molecule has 0 aliphatic rings. The van der Waals surface area contributed by atoms with E-state index in [0.717, 1.165) is 6.07 Å². The Hall–Kier alpha value is -2.35. The third kappa shape index (κ3) is 4.08. The number of nitrogens with one attached hydrogen (secondary N) is 1. The summed E-state index contributed by atoms with van der Waals surface area (Å²) in [7, 11) is 0. The van der Waals surface area contributed by atoms with Crippen LogP contribution in [0.15, 0.2) is 30.3 Å². The van der Waals surface area contributed by atoms with E-state index < -0.39 is 18.7 Å². The molecule has 0 saturated carbocycles. The highest BCUT2D eigenvalue weighted by atomic mass is 19.4. The summed E-state index contributed by atoms with van der Waals surface area (Å²) in [5.41, 5.74) is 0.264. The molecule has 0 aliphatic carbocycles. The van der Waals surface area contributed by atoms with Gasteiger partial charge in [0.15, 0.2) is 6.61 Å². The minimum atomic E-state index is -4.48. The molecule has 118 valence electrons. The van der Waals surface area contributed by atoms with Gasteiger partial charge in [-0.1, -0.05) is 12.1 Å². The second-order valence-electron chi connectivity index (χ2n) is 4.41. The van der Waals surface area contributed by atoms with Crippen molar-refractivity contribution >= 4 is 16.8 Å². The lowest BCUT2D eigenvalue weighted by Crippen LogP contribution is -2.27. The number of para-hydroxylation sites is 1. The SMILES string of the molecule is O=C(NCCO)c1cc(OCC(F)(F)F)c2ccccc2n1. The molecule has 0 atom stereocenters. The summed E-state index contributed by atoms with van der Waals surface area (Å²) in [6.45, 7) is -1.69. The smallest absolute Gasteiger partial charge is 0.422 e. The number of fused-ring (bicyclic) bond motifs is 1. The molecule has 1 amide bonds. The Bertz CT molecular complexity index is 674. The van der Waals surface area contributed by atoms with Crippen molar-refractivity contribution in [1.82, 2.24) is 10.3 Å². The summed E-state index contributed by atoms with van der Waals surface area (Å²) in [4.78, 5) is 15.9. The van der Waals surface area contributed by atoms with Crippen LogP contribution in [0.5, 0.6) is 5.75 Å². The molecule has 1 heterocycles. The molecule has 2 aromatic rings. The molecule has 0 unspecified atom stereocenters. The molecule has 22 heavy (non-hydrogen) atoms. The monoisotopic (exact) mass is 314 g/mol. The zero-order valence-corrected chi connectivity index (χ0v) is 11.4. The largest absolute Gasteiger partial charge is 0.483 e. The molecule has 2 N–H and O–H groups in total. The zero-order valence-electron chi connectivity index (χ0n) is 11.4. The van der Waals surface area contributed by atoms with Gasteiger partial charge in [-0.25, -0.2) is 4.98 Å². The van der Waals surface area contributed by atoms with Gasteiger partial charge < -0.3 is 15.2 Å². The van der Waals surface area contributed by atoms with E-state index in [-0.39, 0.29) is 24.6 Å². The number of pyridine rings is 1. The van der Waals surface area contributed by atoms with Gasteiger partial charge in [0.25, 0.3) is 5.91 Å². The van der Waals surface area contributed by atoms with Crippen LogP contribution in [0.25, 0.3) is 10.9 Å². The second kappa shape index (κ2) is 6.61. The van der Waals surface area contributed by atoms with Gasteiger partial charge in [-0.05, 0) is 12.1 Å². The van der Waals surface area contributed by atoms with E-state index in [1.54, 1.807) is 24.3 Å². The fraction of sp³-hybridized carbons (Fsp3) is 0.286. The van der Waals surface area contributed by atoms with Gasteiger partial charge in [-0.3, -0.25) is 4.79 Å². The molecule has 0 fully saturated rings. The first-order chi connectivity index (χ1) is 10.4. The van der Waals surface area contributed by atoms with Crippen LogP contribution in [0.4, 0.5) is 13.2 Å². The van der Waals surface area contributed by atoms with Crippen molar-refractivity contribution in [3.05, 3.63) is 36.0 Å². The molecule has 8 heteroatoms. The van der Waals surface area contributed by atoms with Crippen molar-refractivity contribution in [3.8, 4) is 5.75 Å². The highest BCUT2D eigenvalue weighted by Gasteiger charge is 2.29. The Balaban J connectivity index is 2.37. The number of hydrogen-bond donors (Lipinski definition) is 2. The maximum Gasteiger partial charge on any atom is 0.422 e. The molecule has 0 spiro atoms. The third-order valence-electron chi connectivity index (χ3n) is 2.70. The van der Waals surface area contributed by atoms with Gasteiger partial charge in [0.1, 0.15) is 11.4 Å². The Labute approximate surface area is 123 Å². The topological polar surface area (TPSA) is 71.5 Å². The van der Waals surface area contributed by atoms with Crippen molar-refractivity contribution < 1.29 is 27.8 Å². The molecular formula is C14H13F3N2O3. The number of carbonyl (C=O) groups is 1. The number of halogens is 3. The number of alkyl halides is 3. The third-order valence-corrected chi connectivity index (χ3v) is 2.70. The predicted molar refractivity (Wildman–Crippen MR) is 72.7 cm³/mol. The maximum absolute atomic E-state index is 12.3. The van der Waals surface area contributed by atoms with Crippen molar-refractivity contribution in [1.29, 1.82) is 0 Å². The number of ether oxygens (including phenoxy) is 1. The Morgan fingerprint density at radius 2 is 2.05 bits per heavy atom. The van der Waals surface area contributed by atoms with Gasteiger partial charge in [0.05, 0.1) is 12.1 Å². The number of aromatic nitrogens is 1. The minimum absolute atomic E-state index is 0.0199. The summed E-state index contributed by atoms with van der Waals surface area (Å²) >= 11 is 0. The van der Waals surface area contributed by atoms with Crippen molar-refractivity contribution in [2.75, 3.05) is 19.8 Å². The van der Waals surface area contributed by atoms with Crippen molar-refractivity contribution in [2.45, 2.75) is 6.18 Å². The van der Waals surface area contributed by atoms with Gasteiger partial charge in [0, 0.05) is 18.0 Å². The molecule has 5 nitrogen and oxygen atoms in total. The molecule has 2 rings (SSSR count).